The fourth-order valence-electron chi connectivity index (χ4n) is 9.19. The minimum Gasteiger partial charge on any atom is -0.480 e. The second-order valence-corrected chi connectivity index (χ2v) is 13.0. The molecule has 0 aromatic heterocycles. The SMILES string of the molecule is C[C@H](CCC(=O)NC(CS)C(=O)O)[C@H]1CC[C@H]2[C@@H]3[C@H](O)C[C@@H]4C[C@H](O)CC[C@]4(C)[C@H]3CC[C@]12C. The molecular weight excluding hydrogens is 450 g/mol. The van der Waals surface area contributed by atoms with Crippen LogP contribution in [0.3, 0.4) is 0 Å². The number of amides is 1. The molecular formula is C27H45NO5S. The first-order chi connectivity index (χ1) is 16.0. The molecule has 0 spiro atoms. The van der Waals surface area contributed by atoms with E-state index in [1.807, 2.05) is 0 Å². The molecule has 11 atom stereocenters. The van der Waals surface area contributed by atoms with Crippen molar-refractivity contribution in [2.45, 2.75) is 103 Å². The van der Waals surface area contributed by atoms with Gasteiger partial charge in [0, 0.05) is 12.2 Å². The maximum Gasteiger partial charge on any atom is 0.327 e. The molecule has 1 unspecified atom stereocenters. The molecule has 4 fully saturated rings. The highest BCUT2D eigenvalue weighted by atomic mass is 32.1. The van der Waals surface area contributed by atoms with Crippen molar-refractivity contribution in [2.75, 3.05) is 5.75 Å². The predicted octanol–water partition coefficient (Wildman–Crippen LogP) is 3.89. The van der Waals surface area contributed by atoms with Crippen LogP contribution in [-0.4, -0.2) is 51.2 Å². The van der Waals surface area contributed by atoms with Gasteiger partial charge in [-0.1, -0.05) is 20.8 Å². The van der Waals surface area contributed by atoms with Gasteiger partial charge < -0.3 is 20.6 Å². The summed E-state index contributed by atoms with van der Waals surface area (Å²) in [5.74, 6) is 1.58. The lowest BCUT2D eigenvalue weighted by atomic mass is 9.43. The van der Waals surface area contributed by atoms with E-state index in [2.05, 4.69) is 38.7 Å². The van der Waals surface area contributed by atoms with Crippen LogP contribution in [0.5, 0.6) is 0 Å². The van der Waals surface area contributed by atoms with E-state index in [-0.39, 0.29) is 34.7 Å². The highest BCUT2D eigenvalue weighted by Crippen LogP contribution is 2.68. The quantitative estimate of drug-likeness (QED) is 0.345. The molecule has 0 saturated heterocycles. The second kappa shape index (κ2) is 9.93. The van der Waals surface area contributed by atoms with Gasteiger partial charge in [-0.2, -0.15) is 12.6 Å². The Morgan fingerprint density at radius 3 is 2.38 bits per heavy atom. The van der Waals surface area contributed by atoms with Crippen molar-refractivity contribution in [3.63, 3.8) is 0 Å². The Bertz CT molecular complexity index is 778. The Morgan fingerprint density at radius 2 is 1.71 bits per heavy atom. The summed E-state index contributed by atoms with van der Waals surface area (Å²) in [6, 6.07) is -0.936. The normalized spacial score (nSPS) is 45.4. The van der Waals surface area contributed by atoms with Crippen molar-refractivity contribution >= 4 is 24.5 Å². The van der Waals surface area contributed by atoms with Crippen LogP contribution >= 0.6 is 12.6 Å². The van der Waals surface area contributed by atoms with Crippen LogP contribution in [0, 0.1) is 46.3 Å². The summed E-state index contributed by atoms with van der Waals surface area (Å²) >= 11 is 4.03. The summed E-state index contributed by atoms with van der Waals surface area (Å²) < 4.78 is 0. The summed E-state index contributed by atoms with van der Waals surface area (Å²) in [7, 11) is 0. The van der Waals surface area contributed by atoms with Crippen molar-refractivity contribution in [1.29, 1.82) is 0 Å². The first-order valence-corrected chi connectivity index (χ1v) is 14.1. The third-order valence-electron chi connectivity index (χ3n) is 11.1. The number of hydrogen-bond acceptors (Lipinski definition) is 5. The first kappa shape index (κ1) is 26.3. The zero-order valence-electron chi connectivity index (χ0n) is 21.1. The number of rotatable bonds is 7. The molecule has 0 heterocycles. The Labute approximate surface area is 210 Å². The number of fused-ring (bicyclic) bond motifs is 5. The molecule has 4 aliphatic rings. The lowest BCUT2D eigenvalue weighted by molar-refractivity contribution is -0.174. The maximum absolute atomic E-state index is 12.4. The number of carboxylic acid groups (broad SMARTS) is 1. The number of hydrogen-bond donors (Lipinski definition) is 5. The van der Waals surface area contributed by atoms with E-state index in [1.165, 1.54) is 6.42 Å². The van der Waals surface area contributed by atoms with E-state index in [1.54, 1.807) is 0 Å². The molecule has 4 rings (SSSR count). The molecule has 7 heteroatoms. The molecule has 6 nitrogen and oxygen atoms in total. The van der Waals surface area contributed by atoms with Crippen molar-refractivity contribution in [3.05, 3.63) is 0 Å². The smallest absolute Gasteiger partial charge is 0.327 e. The van der Waals surface area contributed by atoms with E-state index in [4.69, 9.17) is 5.11 Å². The van der Waals surface area contributed by atoms with Crippen LogP contribution in [0.2, 0.25) is 0 Å². The van der Waals surface area contributed by atoms with Crippen LogP contribution in [-0.2, 0) is 9.59 Å². The standard InChI is InChI=1S/C27H45NO5S/c1-15(4-7-23(31)28-21(14-34)25(32)33)18-5-6-19-24-20(9-11-27(18,19)3)26(2)10-8-17(29)12-16(26)13-22(24)30/h15-22,24,29-30,34H,4-14H2,1-3H3,(H,28,31)(H,32,33)/t15-,16+,17-,18-,19+,20+,21?,22-,24+,26+,27-/m1/s1. The fraction of sp³-hybridized carbons (Fsp3) is 0.926. The predicted molar refractivity (Wildman–Crippen MR) is 134 cm³/mol. The Kier molecular flexibility index (Phi) is 7.67. The number of aliphatic hydroxyl groups is 2. The molecule has 194 valence electrons. The Hall–Kier alpha value is -0.790. The van der Waals surface area contributed by atoms with E-state index in [0.717, 1.165) is 51.4 Å². The van der Waals surface area contributed by atoms with Crippen LogP contribution < -0.4 is 5.32 Å². The number of nitrogens with one attached hydrogen (secondary N) is 1. The van der Waals surface area contributed by atoms with E-state index >= 15 is 0 Å². The molecule has 1 amide bonds. The maximum atomic E-state index is 12.4. The first-order valence-electron chi connectivity index (χ1n) is 13.5. The molecule has 0 radical (unpaired) electrons. The monoisotopic (exact) mass is 495 g/mol. The highest BCUT2D eigenvalue weighted by molar-refractivity contribution is 7.80. The van der Waals surface area contributed by atoms with Crippen molar-refractivity contribution in [2.24, 2.45) is 46.3 Å². The topological polar surface area (TPSA) is 107 Å². The minimum absolute atomic E-state index is 0.0859. The molecule has 4 N–H and O–H groups in total. The molecule has 34 heavy (non-hydrogen) atoms. The average molecular weight is 496 g/mol. The van der Waals surface area contributed by atoms with Gasteiger partial charge in [-0.25, -0.2) is 4.79 Å². The average Bonchev–Trinajstić information content (AvgIpc) is 3.14. The number of aliphatic carboxylic acids is 1. The van der Waals surface area contributed by atoms with Gasteiger partial charge in [-0.05, 0) is 104 Å². The molecule has 4 aliphatic carbocycles. The summed E-state index contributed by atoms with van der Waals surface area (Å²) in [5.41, 5.74) is 0.421. The molecule has 0 bridgehead atoms. The van der Waals surface area contributed by atoms with Gasteiger partial charge in [0.05, 0.1) is 12.2 Å². The van der Waals surface area contributed by atoms with Crippen LogP contribution in [0.15, 0.2) is 0 Å². The van der Waals surface area contributed by atoms with Crippen molar-refractivity contribution < 1.29 is 24.9 Å². The van der Waals surface area contributed by atoms with E-state index in [0.29, 0.717) is 41.9 Å². The van der Waals surface area contributed by atoms with Crippen LogP contribution in [0.1, 0.15) is 85.0 Å². The molecule has 0 aromatic rings. The number of carbonyl (C=O) groups excluding carboxylic acids is 1. The Morgan fingerprint density at radius 1 is 1.03 bits per heavy atom. The van der Waals surface area contributed by atoms with E-state index in [9.17, 15) is 19.8 Å². The van der Waals surface area contributed by atoms with Crippen molar-refractivity contribution in [1.82, 2.24) is 5.32 Å². The van der Waals surface area contributed by atoms with Gasteiger partial charge in [0.25, 0.3) is 0 Å². The lowest BCUT2D eigenvalue weighted by Crippen LogP contribution is -2.58. The molecule has 0 aliphatic heterocycles. The number of thiol groups is 1. The molecule has 4 saturated carbocycles. The Balaban J connectivity index is 1.42. The van der Waals surface area contributed by atoms with E-state index < -0.39 is 12.0 Å². The third kappa shape index (κ3) is 4.54. The van der Waals surface area contributed by atoms with Gasteiger partial charge in [0.2, 0.25) is 5.91 Å². The zero-order chi connectivity index (χ0) is 24.8. The number of carboxylic acids is 1. The third-order valence-corrected chi connectivity index (χ3v) is 11.4. The molecule has 0 aromatic carbocycles. The number of aliphatic hydroxyl groups excluding tert-OH is 2. The van der Waals surface area contributed by atoms with Gasteiger partial charge in [0.15, 0.2) is 0 Å². The summed E-state index contributed by atoms with van der Waals surface area (Å²) in [6.45, 7) is 7.13. The fourth-order valence-corrected chi connectivity index (χ4v) is 9.43. The summed E-state index contributed by atoms with van der Waals surface area (Å²) in [5, 5.41) is 33.4. The van der Waals surface area contributed by atoms with Gasteiger partial charge in [0.1, 0.15) is 6.04 Å². The summed E-state index contributed by atoms with van der Waals surface area (Å²) in [4.78, 5) is 23.5. The zero-order valence-corrected chi connectivity index (χ0v) is 22.0. The van der Waals surface area contributed by atoms with Gasteiger partial charge >= 0.3 is 5.97 Å². The second-order valence-electron chi connectivity index (χ2n) is 12.6. The van der Waals surface area contributed by atoms with Crippen molar-refractivity contribution in [3.8, 4) is 0 Å². The van der Waals surface area contributed by atoms with Crippen LogP contribution in [0.4, 0.5) is 0 Å². The van der Waals surface area contributed by atoms with Gasteiger partial charge in [-0.3, -0.25) is 4.79 Å². The lowest BCUT2D eigenvalue weighted by Gasteiger charge is -2.62. The minimum atomic E-state index is -1.05. The largest absolute Gasteiger partial charge is 0.480 e. The van der Waals surface area contributed by atoms with Gasteiger partial charge in [-0.15, -0.1) is 0 Å². The highest BCUT2D eigenvalue weighted by Gasteiger charge is 2.62. The summed E-state index contributed by atoms with van der Waals surface area (Å²) in [6.07, 6.45) is 8.90. The van der Waals surface area contributed by atoms with Crippen LogP contribution in [0.25, 0.3) is 0 Å². The number of carbonyl (C=O) groups is 2.